The average molecular weight is 335 g/mol. The van der Waals surface area contributed by atoms with Crippen LogP contribution in [0.25, 0.3) is 11.0 Å². The van der Waals surface area contributed by atoms with Crippen molar-refractivity contribution >= 4 is 16.9 Å². The zero-order valence-corrected chi connectivity index (χ0v) is 13.9. The van der Waals surface area contributed by atoms with Gasteiger partial charge in [-0.25, -0.2) is 4.98 Å². The van der Waals surface area contributed by atoms with E-state index in [-0.39, 0.29) is 11.9 Å². The molecular formula is C20H21N3O2. The van der Waals surface area contributed by atoms with Gasteiger partial charge in [0.15, 0.2) is 0 Å². The molecule has 5 nitrogen and oxygen atoms in total. The van der Waals surface area contributed by atoms with Crippen LogP contribution < -0.4 is 5.32 Å². The van der Waals surface area contributed by atoms with Crippen LogP contribution in [0.4, 0.5) is 0 Å². The van der Waals surface area contributed by atoms with E-state index in [4.69, 9.17) is 4.74 Å². The fourth-order valence-electron chi connectivity index (χ4n) is 3.48. The highest BCUT2D eigenvalue weighted by Gasteiger charge is 2.27. The Hall–Kier alpha value is -2.66. The average Bonchev–Trinajstić information content (AvgIpc) is 3.15. The fourth-order valence-corrected chi connectivity index (χ4v) is 3.48. The molecule has 0 saturated carbocycles. The van der Waals surface area contributed by atoms with Crippen molar-refractivity contribution in [1.82, 2.24) is 15.3 Å². The van der Waals surface area contributed by atoms with Gasteiger partial charge in [0.25, 0.3) is 5.91 Å². The highest BCUT2D eigenvalue weighted by atomic mass is 16.5. The number of rotatable bonds is 4. The lowest BCUT2D eigenvalue weighted by Crippen LogP contribution is -2.36. The molecule has 4 rings (SSSR count). The summed E-state index contributed by atoms with van der Waals surface area (Å²) in [7, 11) is 0. The Balaban J connectivity index is 1.59. The Kier molecular flexibility index (Phi) is 4.48. The first-order valence-electron chi connectivity index (χ1n) is 8.68. The molecule has 25 heavy (non-hydrogen) atoms. The Morgan fingerprint density at radius 2 is 1.96 bits per heavy atom. The van der Waals surface area contributed by atoms with Crippen LogP contribution >= 0.6 is 0 Å². The van der Waals surface area contributed by atoms with Gasteiger partial charge in [-0.15, -0.1) is 0 Å². The van der Waals surface area contributed by atoms with Crippen LogP contribution in [0.2, 0.25) is 0 Å². The lowest BCUT2D eigenvalue weighted by molar-refractivity contribution is 0.0514. The highest BCUT2D eigenvalue weighted by Crippen LogP contribution is 2.30. The second-order valence-electron chi connectivity index (χ2n) is 6.45. The maximum absolute atomic E-state index is 12.9. The van der Waals surface area contributed by atoms with E-state index in [0.717, 1.165) is 42.7 Å². The number of hydrogen-bond acceptors (Lipinski definition) is 3. The van der Waals surface area contributed by atoms with E-state index in [1.807, 2.05) is 36.4 Å². The Morgan fingerprint density at radius 1 is 1.16 bits per heavy atom. The van der Waals surface area contributed by atoms with Gasteiger partial charge in [0.2, 0.25) is 0 Å². The maximum atomic E-state index is 12.9. The number of amides is 1. The molecule has 1 fully saturated rings. The lowest BCUT2D eigenvalue weighted by Gasteiger charge is -2.31. The van der Waals surface area contributed by atoms with Crippen LogP contribution in [0.1, 0.15) is 34.8 Å². The molecule has 2 heterocycles. The van der Waals surface area contributed by atoms with Gasteiger partial charge in [-0.3, -0.25) is 4.79 Å². The van der Waals surface area contributed by atoms with E-state index in [0.29, 0.717) is 11.5 Å². The fraction of sp³-hybridized carbons (Fsp3) is 0.300. The van der Waals surface area contributed by atoms with E-state index in [9.17, 15) is 4.79 Å². The Morgan fingerprint density at radius 3 is 2.76 bits per heavy atom. The third-order valence-electron chi connectivity index (χ3n) is 4.87. The van der Waals surface area contributed by atoms with Gasteiger partial charge in [-0.2, -0.15) is 0 Å². The third-order valence-corrected chi connectivity index (χ3v) is 4.87. The van der Waals surface area contributed by atoms with Gasteiger partial charge < -0.3 is 15.0 Å². The summed E-state index contributed by atoms with van der Waals surface area (Å²) in [6.45, 7) is 1.51. The van der Waals surface area contributed by atoms with Crippen molar-refractivity contribution in [3.8, 4) is 0 Å². The number of carbonyl (C=O) groups excluding carboxylic acids is 1. The predicted molar refractivity (Wildman–Crippen MR) is 96.3 cm³/mol. The zero-order chi connectivity index (χ0) is 17.1. The SMILES string of the molecule is O=C(N[C@H](c1ccccc1)C1CCOCC1)c1ccc2nc[nH]c2c1. The van der Waals surface area contributed by atoms with Crippen LogP contribution in [0, 0.1) is 5.92 Å². The molecule has 0 bridgehead atoms. The number of nitrogens with one attached hydrogen (secondary N) is 2. The van der Waals surface area contributed by atoms with Crippen LogP contribution in [0.15, 0.2) is 54.9 Å². The molecule has 1 saturated heterocycles. The van der Waals surface area contributed by atoms with Crippen molar-refractivity contribution in [3.05, 3.63) is 66.0 Å². The van der Waals surface area contributed by atoms with Crippen LogP contribution in [0.5, 0.6) is 0 Å². The van der Waals surface area contributed by atoms with E-state index in [1.165, 1.54) is 0 Å². The van der Waals surface area contributed by atoms with Gasteiger partial charge in [0.05, 0.1) is 23.4 Å². The molecule has 0 unspecified atom stereocenters. The molecule has 1 atom stereocenters. The second-order valence-corrected chi connectivity index (χ2v) is 6.45. The number of nitrogens with zero attached hydrogens (tertiary/aromatic N) is 1. The van der Waals surface area contributed by atoms with Crippen LogP contribution in [-0.4, -0.2) is 29.1 Å². The van der Waals surface area contributed by atoms with E-state index in [1.54, 1.807) is 6.33 Å². The number of ether oxygens (including phenoxy) is 1. The van der Waals surface area contributed by atoms with Gasteiger partial charge >= 0.3 is 0 Å². The molecule has 128 valence electrons. The van der Waals surface area contributed by atoms with E-state index < -0.39 is 0 Å². The molecule has 5 heteroatoms. The number of hydrogen-bond donors (Lipinski definition) is 2. The normalized spacial score (nSPS) is 16.6. The van der Waals surface area contributed by atoms with Gasteiger partial charge in [0.1, 0.15) is 0 Å². The Labute approximate surface area is 146 Å². The van der Waals surface area contributed by atoms with Gasteiger partial charge in [-0.05, 0) is 42.5 Å². The molecule has 0 spiro atoms. The summed E-state index contributed by atoms with van der Waals surface area (Å²) in [6, 6.07) is 15.7. The first-order valence-corrected chi connectivity index (χ1v) is 8.68. The number of fused-ring (bicyclic) bond motifs is 1. The number of imidazole rings is 1. The minimum Gasteiger partial charge on any atom is -0.381 e. The van der Waals surface area contributed by atoms with Crippen molar-refractivity contribution in [2.24, 2.45) is 5.92 Å². The molecule has 0 aliphatic carbocycles. The summed E-state index contributed by atoms with van der Waals surface area (Å²) >= 11 is 0. The standard InChI is InChI=1S/C20H21N3O2/c24-20(16-6-7-17-18(12-16)22-13-21-17)23-19(14-4-2-1-3-5-14)15-8-10-25-11-9-15/h1-7,12-13,15,19H,8-11H2,(H,21,22)(H,23,24)/t19-/m1/s1. The number of carbonyl (C=O) groups is 1. The minimum atomic E-state index is -0.0585. The molecule has 2 N–H and O–H groups in total. The second kappa shape index (κ2) is 7.07. The summed E-state index contributed by atoms with van der Waals surface area (Å²) in [6.07, 6.45) is 3.56. The quantitative estimate of drug-likeness (QED) is 0.767. The minimum absolute atomic E-state index is 0.00457. The molecular weight excluding hydrogens is 314 g/mol. The number of aromatic nitrogens is 2. The topological polar surface area (TPSA) is 67.0 Å². The van der Waals surface area contributed by atoms with Gasteiger partial charge in [-0.1, -0.05) is 30.3 Å². The van der Waals surface area contributed by atoms with Crippen molar-refractivity contribution in [3.63, 3.8) is 0 Å². The molecule has 1 aliphatic rings. The largest absolute Gasteiger partial charge is 0.381 e. The monoisotopic (exact) mass is 335 g/mol. The smallest absolute Gasteiger partial charge is 0.251 e. The van der Waals surface area contributed by atoms with E-state index >= 15 is 0 Å². The number of H-pyrrole nitrogens is 1. The first-order chi connectivity index (χ1) is 12.3. The van der Waals surface area contributed by atoms with Crippen LogP contribution in [0.3, 0.4) is 0 Å². The lowest BCUT2D eigenvalue weighted by atomic mass is 9.87. The number of benzene rings is 2. The molecule has 2 aromatic carbocycles. The highest BCUT2D eigenvalue weighted by molar-refractivity contribution is 5.97. The molecule has 0 radical (unpaired) electrons. The Bertz CT molecular complexity index is 854. The third kappa shape index (κ3) is 3.42. The molecule has 3 aromatic rings. The van der Waals surface area contributed by atoms with Crippen molar-refractivity contribution < 1.29 is 9.53 Å². The van der Waals surface area contributed by atoms with Crippen molar-refractivity contribution in [2.75, 3.05) is 13.2 Å². The summed E-state index contributed by atoms with van der Waals surface area (Å²) in [4.78, 5) is 20.1. The predicted octanol–water partition coefficient (Wildman–Crippen LogP) is 3.46. The first kappa shape index (κ1) is 15.8. The van der Waals surface area contributed by atoms with Crippen molar-refractivity contribution in [2.45, 2.75) is 18.9 Å². The summed E-state index contributed by atoms with van der Waals surface area (Å²) in [5, 5.41) is 3.25. The van der Waals surface area contributed by atoms with Gasteiger partial charge in [0, 0.05) is 18.8 Å². The summed E-state index contributed by atoms with van der Waals surface area (Å²) < 4.78 is 5.49. The maximum Gasteiger partial charge on any atom is 0.251 e. The van der Waals surface area contributed by atoms with E-state index in [2.05, 4.69) is 27.4 Å². The molecule has 1 amide bonds. The van der Waals surface area contributed by atoms with Crippen LogP contribution in [-0.2, 0) is 4.74 Å². The summed E-state index contributed by atoms with van der Waals surface area (Å²) in [5.41, 5.74) is 3.52. The zero-order valence-electron chi connectivity index (χ0n) is 13.9. The van der Waals surface area contributed by atoms with Crippen molar-refractivity contribution in [1.29, 1.82) is 0 Å². The molecule has 1 aromatic heterocycles. The number of aromatic amines is 1. The molecule has 1 aliphatic heterocycles. The summed E-state index contributed by atoms with van der Waals surface area (Å²) in [5.74, 6) is 0.327.